The Morgan fingerprint density at radius 2 is 1.74 bits per heavy atom. The average molecular weight is 321 g/mol. The highest BCUT2D eigenvalue weighted by atomic mass is 32.1. The van der Waals surface area contributed by atoms with Crippen molar-refractivity contribution >= 4 is 11.3 Å². The Labute approximate surface area is 135 Å². The summed E-state index contributed by atoms with van der Waals surface area (Å²) in [5.41, 5.74) is 2.67. The number of pyridine rings is 2. The van der Waals surface area contributed by atoms with E-state index in [-0.39, 0.29) is 0 Å². The van der Waals surface area contributed by atoms with Gasteiger partial charge in [0.05, 0.1) is 5.69 Å². The Balaban J connectivity index is 1.72. The summed E-state index contributed by atoms with van der Waals surface area (Å²) in [7, 11) is 0. The van der Waals surface area contributed by atoms with Gasteiger partial charge in [-0.3, -0.25) is 9.97 Å². The molecule has 0 unspecified atom stereocenters. The molecule has 0 aliphatic heterocycles. The highest BCUT2D eigenvalue weighted by Gasteiger charge is 2.17. The number of aryl methyl sites for hydroxylation is 1. The number of hydrogen-bond acceptors (Lipinski definition) is 7. The van der Waals surface area contributed by atoms with Crippen LogP contribution in [-0.4, -0.2) is 25.1 Å². The van der Waals surface area contributed by atoms with Crippen LogP contribution in [-0.2, 0) is 0 Å². The van der Waals surface area contributed by atoms with Crippen molar-refractivity contribution in [2.24, 2.45) is 0 Å². The first-order valence-electron chi connectivity index (χ1n) is 6.93. The van der Waals surface area contributed by atoms with Gasteiger partial charge in [-0.05, 0) is 31.2 Å². The summed E-state index contributed by atoms with van der Waals surface area (Å²) in [5, 5.41) is 9.14. The molecule has 0 fully saturated rings. The zero-order valence-corrected chi connectivity index (χ0v) is 13.0. The summed E-state index contributed by atoms with van der Waals surface area (Å²) in [4.78, 5) is 13.6. The highest BCUT2D eigenvalue weighted by molar-refractivity contribution is 7.18. The van der Waals surface area contributed by atoms with Gasteiger partial charge >= 0.3 is 0 Å². The molecule has 4 aromatic rings. The fourth-order valence-corrected chi connectivity index (χ4v) is 3.11. The Bertz CT molecular complexity index is 934. The highest BCUT2D eigenvalue weighted by Crippen LogP contribution is 2.35. The van der Waals surface area contributed by atoms with Crippen LogP contribution in [0.2, 0.25) is 0 Å². The molecule has 0 atom stereocenters. The maximum Gasteiger partial charge on any atom is 0.260 e. The van der Waals surface area contributed by atoms with Crippen LogP contribution in [0.1, 0.15) is 5.69 Å². The summed E-state index contributed by atoms with van der Waals surface area (Å²) < 4.78 is 5.79. The third-order valence-electron chi connectivity index (χ3n) is 3.25. The second kappa shape index (κ2) is 5.69. The Morgan fingerprint density at radius 1 is 0.913 bits per heavy atom. The van der Waals surface area contributed by atoms with Gasteiger partial charge in [-0.1, -0.05) is 0 Å². The minimum atomic E-state index is 0.470. The smallest absolute Gasteiger partial charge is 0.260 e. The normalized spacial score (nSPS) is 10.8. The van der Waals surface area contributed by atoms with Gasteiger partial charge in [0.25, 0.3) is 5.89 Å². The molecule has 7 heteroatoms. The first-order chi connectivity index (χ1) is 11.3. The number of nitrogens with zero attached hydrogens (tertiary/aromatic N) is 5. The third kappa shape index (κ3) is 2.62. The van der Waals surface area contributed by atoms with Gasteiger partial charge in [0.15, 0.2) is 0 Å². The first-order valence-corrected chi connectivity index (χ1v) is 7.75. The van der Waals surface area contributed by atoms with E-state index < -0.39 is 0 Å². The number of hydrogen-bond donors (Lipinski definition) is 0. The van der Waals surface area contributed by atoms with Crippen molar-refractivity contribution in [1.82, 2.24) is 25.1 Å². The molecule has 0 aromatic carbocycles. The quantitative estimate of drug-likeness (QED) is 0.573. The molecular formula is C16H11N5OS. The molecule has 23 heavy (non-hydrogen) atoms. The topological polar surface area (TPSA) is 77.6 Å². The van der Waals surface area contributed by atoms with Gasteiger partial charge in [0.1, 0.15) is 9.88 Å². The molecule has 0 amide bonds. The maximum absolute atomic E-state index is 5.79. The van der Waals surface area contributed by atoms with Crippen molar-refractivity contribution in [3.05, 3.63) is 54.7 Å². The second-order valence-corrected chi connectivity index (χ2v) is 5.82. The van der Waals surface area contributed by atoms with Gasteiger partial charge in [-0.25, -0.2) is 4.98 Å². The van der Waals surface area contributed by atoms with E-state index in [1.165, 1.54) is 11.3 Å². The average Bonchev–Trinajstić information content (AvgIpc) is 3.23. The molecule has 4 rings (SSSR count). The molecule has 4 heterocycles. The van der Waals surface area contributed by atoms with Crippen LogP contribution in [0.3, 0.4) is 0 Å². The molecule has 4 aromatic heterocycles. The van der Waals surface area contributed by atoms with E-state index >= 15 is 0 Å². The molecule has 0 radical (unpaired) electrons. The lowest BCUT2D eigenvalue weighted by atomic mass is 10.3. The van der Waals surface area contributed by atoms with Crippen LogP contribution in [0.4, 0.5) is 0 Å². The molecule has 0 spiro atoms. The maximum atomic E-state index is 5.79. The van der Waals surface area contributed by atoms with Crippen LogP contribution >= 0.6 is 11.3 Å². The summed E-state index contributed by atoms with van der Waals surface area (Å²) >= 11 is 1.51. The monoisotopic (exact) mass is 321 g/mol. The summed E-state index contributed by atoms with van der Waals surface area (Å²) in [6, 6.07) is 7.53. The molecule has 112 valence electrons. The lowest BCUT2D eigenvalue weighted by Crippen LogP contribution is -1.79. The van der Waals surface area contributed by atoms with Crippen molar-refractivity contribution in [3.63, 3.8) is 0 Å². The predicted octanol–water partition coefficient (Wildman–Crippen LogP) is 3.63. The van der Waals surface area contributed by atoms with Gasteiger partial charge in [-0.15, -0.1) is 21.5 Å². The van der Waals surface area contributed by atoms with Crippen LogP contribution in [0.15, 0.2) is 53.5 Å². The second-order valence-electron chi connectivity index (χ2n) is 4.82. The molecule has 0 aliphatic carbocycles. The fraction of sp³-hybridized carbons (Fsp3) is 0.0625. The SMILES string of the molecule is Cc1nc(-c2cccnc2)sc1-c1nnc(-c2ccncc2)o1. The standard InChI is InChI=1S/C16H11N5OS/c1-10-13(23-16(19-10)12-3-2-6-18-9-12)15-21-20-14(22-15)11-4-7-17-8-5-11/h2-9H,1H3. The van der Waals surface area contributed by atoms with E-state index in [0.29, 0.717) is 11.8 Å². The van der Waals surface area contributed by atoms with Crippen LogP contribution in [0.25, 0.3) is 32.8 Å². The molecule has 0 saturated heterocycles. The molecule has 0 saturated carbocycles. The van der Waals surface area contributed by atoms with E-state index in [1.54, 1.807) is 24.8 Å². The van der Waals surface area contributed by atoms with Crippen molar-refractivity contribution in [2.75, 3.05) is 0 Å². The molecule has 0 bridgehead atoms. The minimum Gasteiger partial charge on any atom is -0.415 e. The van der Waals surface area contributed by atoms with Gasteiger partial charge in [0, 0.05) is 35.9 Å². The van der Waals surface area contributed by atoms with Gasteiger partial charge in [-0.2, -0.15) is 0 Å². The van der Waals surface area contributed by atoms with E-state index in [0.717, 1.165) is 26.7 Å². The van der Waals surface area contributed by atoms with Crippen LogP contribution < -0.4 is 0 Å². The lowest BCUT2D eigenvalue weighted by Gasteiger charge is -1.92. The Morgan fingerprint density at radius 3 is 2.52 bits per heavy atom. The van der Waals surface area contributed by atoms with Gasteiger partial charge in [0.2, 0.25) is 5.89 Å². The zero-order valence-electron chi connectivity index (χ0n) is 12.2. The molecular weight excluding hydrogens is 310 g/mol. The van der Waals surface area contributed by atoms with E-state index in [1.807, 2.05) is 31.2 Å². The number of aromatic nitrogens is 5. The summed E-state index contributed by atoms with van der Waals surface area (Å²) in [5.74, 6) is 0.945. The number of rotatable bonds is 3. The van der Waals surface area contributed by atoms with Gasteiger partial charge < -0.3 is 4.42 Å². The molecule has 0 N–H and O–H groups in total. The van der Waals surface area contributed by atoms with Crippen molar-refractivity contribution in [2.45, 2.75) is 6.92 Å². The van der Waals surface area contributed by atoms with E-state index in [4.69, 9.17) is 4.42 Å². The third-order valence-corrected chi connectivity index (χ3v) is 4.45. The fourth-order valence-electron chi connectivity index (χ4n) is 2.13. The van der Waals surface area contributed by atoms with E-state index in [2.05, 4.69) is 25.1 Å². The van der Waals surface area contributed by atoms with Crippen molar-refractivity contribution in [1.29, 1.82) is 0 Å². The Kier molecular flexibility index (Phi) is 3.39. The van der Waals surface area contributed by atoms with Crippen LogP contribution in [0, 0.1) is 6.92 Å². The van der Waals surface area contributed by atoms with Crippen molar-refractivity contribution in [3.8, 4) is 32.8 Å². The minimum absolute atomic E-state index is 0.470. The molecule has 6 nitrogen and oxygen atoms in total. The predicted molar refractivity (Wildman–Crippen MR) is 86.6 cm³/mol. The largest absolute Gasteiger partial charge is 0.415 e. The molecule has 0 aliphatic rings. The lowest BCUT2D eigenvalue weighted by molar-refractivity contribution is 0.585. The summed E-state index contributed by atoms with van der Waals surface area (Å²) in [6.45, 7) is 1.93. The number of thiazole rings is 1. The zero-order chi connectivity index (χ0) is 15.6. The van der Waals surface area contributed by atoms with Crippen molar-refractivity contribution < 1.29 is 4.42 Å². The van der Waals surface area contributed by atoms with Crippen LogP contribution in [0.5, 0.6) is 0 Å². The van der Waals surface area contributed by atoms with E-state index in [9.17, 15) is 0 Å². The first kappa shape index (κ1) is 13.7. The summed E-state index contributed by atoms with van der Waals surface area (Å²) in [6.07, 6.45) is 6.91. The Hall–Kier alpha value is -2.93.